The van der Waals surface area contributed by atoms with Crippen molar-refractivity contribution in [3.05, 3.63) is 35.4 Å². The Morgan fingerprint density at radius 2 is 1.91 bits per heavy atom. The Labute approximate surface area is 140 Å². The van der Waals surface area contributed by atoms with E-state index in [0.29, 0.717) is 19.8 Å². The number of nitrogens with zero attached hydrogens (tertiary/aromatic N) is 1. The number of aliphatic imine (C=N–C) groups is 1. The Balaban J connectivity index is 2.61. The normalized spacial score (nSPS) is 12.3. The molecule has 0 radical (unpaired) electrons. The lowest BCUT2D eigenvalue weighted by atomic mass is 10.1. The van der Waals surface area contributed by atoms with Crippen LogP contribution in [-0.4, -0.2) is 38.4 Å². The van der Waals surface area contributed by atoms with Crippen molar-refractivity contribution in [1.29, 1.82) is 0 Å². The molecule has 130 valence electrons. The van der Waals surface area contributed by atoms with Gasteiger partial charge in [0.1, 0.15) is 0 Å². The SMILES string of the molecule is CCNC(=NCc1cccc(COC(C)(C)C)c1)NCCOC. The maximum atomic E-state index is 5.83. The molecule has 23 heavy (non-hydrogen) atoms. The van der Waals surface area contributed by atoms with Gasteiger partial charge in [0, 0.05) is 20.2 Å². The van der Waals surface area contributed by atoms with E-state index in [0.717, 1.165) is 19.0 Å². The lowest BCUT2D eigenvalue weighted by molar-refractivity contribution is -0.0149. The van der Waals surface area contributed by atoms with Crippen LogP contribution in [0.4, 0.5) is 0 Å². The first kappa shape index (κ1) is 19.5. The van der Waals surface area contributed by atoms with E-state index in [9.17, 15) is 0 Å². The Morgan fingerprint density at radius 3 is 2.57 bits per heavy atom. The molecule has 0 saturated heterocycles. The summed E-state index contributed by atoms with van der Waals surface area (Å²) in [4.78, 5) is 4.60. The number of hydrogen-bond acceptors (Lipinski definition) is 3. The molecule has 0 unspecified atom stereocenters. The molecule has 0 spiro atoms. The number of hydrogen-bond donors (Lipinski definition) is 2. The first-order chi connectivity index (χ1) is 10.9. The van der Waals surface area contributed by atoms with Crippen molar-refractivity contribution in [3.8, 4) is 0 Å². The molecule has 1 aromatic carbocycles. The van der Waals surface area contributed by atoms with Gasteiger partial charge in [0.15, 0.2) is 5.96 Å². The summed E-state index contributed by atoms with van der Waals surface area (Å²) in [6.45, 7) is 11.7. The van der Waals surface area contributed by atoms with Gasteiger partial charge in [-0.3, -0.25) is 0 Å². The molecule has 0 saturated carbocycles. The molecule has 0 bridgehead atoms. The van der Waals surface area contributed by atoms with Gasteiger partial charge in [-0.05, 0) is 38.8 Å². The van der Waals surface area contributed by atoms with E-state index in [1.54, 1.807) is 7.11 Å². The fourth-order valence-electron chi connectivity index (χ4n) is 1.90. The highest BCUT2D eigenvalue weighted by molar-refractivity contribution is 5.79. The van der Waals surface area contributed by atoms with Crippen molar-refractivity contribution >= 4 is 5.96 Å². The van der Waals surface area contributed by atoms with Gasteiger partial charge in [0.2, 0.25) is 0 Å². The van der Waals surface area contributed by atoms with Gasteiger partial charge < -0.3 is 20.1 Å². The van der Waals surface area contributed by atoms with Gasteiger partial charge in [-0.15, -0.1) is 0 Å². The summed E-state index contributed by atoms with van der Waals surface area (Å²) in [5.74, 6) is 0.806. The highest BCUT2D eigenvalue weighted by Gasteiger charge is 2.10. The van der Waals surface area contributed by atoms with E-state index >= 15 is 0 Å². The quantitative estimate of drug-likeness (QED) is 0.439. The van der Waals surface area contributed by atoms with Crippen LogP contribution < -0.4 is 10.6 Å². The van der Waals surface area contributed by atoms with E-state index in [4.69, 9.17) is 9.47 Å². The molecule has 0 aliphatic rings. The highest BCUT2D eigenvalue weighted by Crippen LogP contribution is 2.13. The summed E-state index contributed by atoms with van der Waals surface area (Å²) >= 11 is 0. The molecule has 5 nitrogen and oxygen atoms in total. The third kappa shape index (κ3) is 9.21. The minimum Gasteiger partial charge on any atom is -0.383 e. The van der Waals surface area contributed by atoms with E-state index in [-0.39, 0.29) is 5.60 Å². The molecule has 0 heterocycles. The van der Waals surface area contributed by atoms with Crippen LogP contribution in [0.3, 0.4) is 0 Å². The van der Waals surface area contributed by atoms with Crippen molar-refractivity contribution in [2.24, 2.45) is 4.99 Å². The number of methoxy groups -OCH3 is 1. The van der Waals surface area contributed by atoms with Gasteiger partial charge in [-0.25, -0.2) is 4.99 Å². The fraction of sp³-hybridized carbons (Fsp3) is 0.611. The summed E-state index contributed by atoms with van der Waals surface area (Å²) in [5.41, 5.74) is 2.21. The second kappa shape index (κ2) is 10.2. The maximum Gasteiger partial charge on any atom is 0.191 e. The van der Waals surface area contributed by atoms with E-state index in [1.807, 2.05) is 0 Å². The lowest BCUT2D eigenvalue weighted by Crippen LogP contribution is -2.38. The van der Waals surface area contributed by atoms with Crippen molar-refractivity contribution in [2.75, 3.05) is 26.8 Å². The Morgan fingerprint density at radius 1 is 1.17 bits per heavy atom. The molecular weight excluding hydrogens is 290 g/mol. The van der Waals surface area contributed by atoms with E-state index < -0.39 is 0 Å². The summed E-state index contributed by atoms with van der Waals surface area (Å²) in [6.07, 6.45) is 0. The predicted octanol–water partition coefficient (Wildman–Crippen LogP) is 2.70. The topological polar surface area (TPSA) is 54.9 Å². The van der Waals surface area contributed by atoms with Crippen LogP contribution in [-0.2, 0) is 22.6 Å². The average Bonchev–Trinajstić information content (AvgIpc) is 2.50. The third-order valence-electron chi connectivity index (χ3n) is 3.03. The largest absolute Gasteiger partial charge is 0.383 e. The zero-order chi connectivity index (χ0) is 17.1. The summed E-state index contributed by atoms with van der Waals surface area (Å²) in [7, 11) is 1.69. The third-order valence-corrected chi connectivity index (χ3v) is 3.03. The molecule has 0 atom stereocenters. The first-order valence-corrected chi connectivity index (χ1v) is 8.17. The second-order valence-corrected chi connectivity index (χ2v) is 6.34. The smallest absolute Gasteiger partial charge is 0.191 e. The maximum absolute atomic E-state index is 5.83. The summed E-state index contributed by atoms with van der Waals surface area (Å²) in [5, 5.41) is 6.47. The molecule has 0 aliphatic heterocycles. The molecule has 0 fully saturated rings. The molecular formula is C18H31N3O2. The first-order valence-electron chi connectivity index (χ1n) is 8.17. The molecule has 1 aromatic rings. The second-order valence-electron chi connectivity index (χ2n) is 6.34. The summed E-state index contributed by atoms with van der Waals surface area (Å²) in [6, 6.07) is 8.37. The fourth-order valence-corrected chi connectivity index (χ4v) is 1.90. The van der Waals surface area contributed by atoms with Gasteiger partial charge in [0.25, 0.3) is 0 Å². The van der Waals surface area contributed by atoms with Crippen LogP contribution in [0.15, 0.2) is 29.3 Å². The van der Waals surface area contributed by atoms with Crippen molar-refractivity contribution in [1.82, 2.24) is 10.6 Å². The number of rotatable bonds is 8. The zero-order valence-electron chi connectivity index (χ0n) is 15.1. The van der Waals surface area contributed by atoms with Crippen LogP contribution >= 0.6 is 0 Å². The molecule has 0 aromatic heterocycles. The Kier molecular flexibility index (Phi) is 8.66. The van der Waals surface area contributed by atoms with Gasteiger partial charge in [-0.2, -0.15) is 0 Å². The van der Waals surface area contributed by atoms with E-state index in [1.165, 1.54) is 11.1 Å². The molecule has 1 rings (SSSR count). The van der Waals surface area contributed by atoms with Crippen molar-refractivity contribution < 1.29 is 9.47 Å². The minimum absolute atomic E-state index is 0.127. The van der Waals surface area contributed by atoms with Crippen LogP contribution in [0, 0.1) is 0 Å². The standard InChI is InChI=1S/C18H31N3O2/c1-6-19-17(20-10-11-22-5)21-13-15-8-7-9-16(12-15)14-23-18(2,3)4/h7-9,12H,6,10-11,13-14H2,1-5H3,(H2,19,20,21). The molecule has 5 heteroatoms. The van der Waals surface area contributed by atoms with Gasteiger partial charge in [-0.1, -0.05) is 24.3 Å². The van der Waals surface area contributed by atoms with Crippen molar-refractivity contribution in [2.45, 2.75) is 46.4 Å². The summed E-state index contributed by atoms with van der Waals surface area (Å²) < 4.78 is 10.9. The van der Waals surface area contributed by atoms with E-state index in [2.05, 4.69) is 67.6 Å². The minimum atomic E-state index is -0.127. The van der Waals surface area contributed by atoms with Crippen LogP contribution in [0.1, 0.15) is 38.8 Å². The molecule has 2 N–H and O–H groups in total. The van der Waals surface area contributed by atoms with Crippen LogP contribution in [0.5, 0.6) is 0 Å². The van der Waals surface area contributed by atoms with Gasteiger partial charge >= 0.3 is 0 Å². The lowest BCUT2D eigenvalue weighted by Gasteiger charge is -2.19. The van der Waals surface area contributed by atoms with Crippen LogP contribution in [0.25, 0.3) is 0 Å². The highest BCUT2D eigenvalue weighted by atomic mass is 16.5. The number of nitrogens with one attached hydrogen (secondary N) is 2. The number of ether oxygens (including phenoxy) is 2. The number of guanidine groups is 1. The number of benzene rings is 1. The van der Waals surface area contributed by atoms with Crippen LogP contribution in [0.2, 0.25) is 0 Å². The monoisotopic (exact) mass is 321 g/mol. The Hall–Kier alpha value is -1.59. The molecule has 0 amide bonds. The predicted molar refractivity (Wildman–Crippen MR) is 95.7 cm³/mol. The molecule has 0 aliphatic carbocycles. The zero-order valence-corrected chi connectivity index (χ0v) is 15.1. The average molecular weight is 321 g/mol. The Bertz CT molecular complexity index is 481. The van der Waals surface area contributed by atoms with Crippen molar-refractivity contribution in [3.63, 3.8) is 0 Å². The van der Waals surface area contributed by atoms with Gasteiger partial charge in [0.05, 0.1) is 25.4 Å².